The fourth-order valence-electron chi connectivity index (χ4n) is 2.14. The Morgan fingerprint density at radius 1 is 1.08 bits per heavy atom. The highest BCUT2D eigenvalue weighted by Crippen LogP contribution is 2.26. The van der Waals surface area contributed by atoms with Crippen molar-refractivity contribution in [3.63, 3.8) is 0 Å². The molecule has 1 N–H and O–H groups in total. The van der Waals surface area contributed by atoms with Gasteiger partial charge in [-0.3, -0.25) is 9.59 Å². The third-order valence-electron chi connectivity index (χ3n) is 3.41. The van der Waals surface area contributed by atoms with Gasteiger partial charge < -0.3 is 10.2 Å². The first-order chi connectivity index (χ1) is 11.8. The van der Waals surface area contributed by atoms with Crippen molar-refractivity contribution in [1.29, 1.82) is 0 Å². The van der Waals surface area contributed by atoms with E-state index in [1.54, 1.807) is 13.0 Å². The minimum atomic E-state index is -0.902. The summed E-state index contributed by atoms with van der Waals surface area (Å²) in [7, 11) is 0. The van der Waals surface area contributed by atoms with Crippen molar-refractivity contribution in [1.82, 2.24) is 4.90 Å². The number of benzene rings is 2. The van der Waals surface area contributed by atoms with E-state index in [9.17, 15) is 18.4 Å². The summed E-state index contributed by atoms with van der Waals surface area (Å²) in [5.41, 5.74) is -0.419. The third kappa shape index (κ3) is 4.46. The molecule has 0 fully saturated rings. The highest BCUT2D eigenvalue weighted by atomic mass is 35.5. The van der Waals surface area contributed by atoms with Crippen molar-refractivity contribution in [2.75, 3.05) is 18.4 Å². The highest BCUT2D eigenvalue weighted by molar-refractivity contribution is 6.43. The Labute approximate surface area is 153 Å². The Morgan fingerprint density at radius 3 is 2.28 bits per heavy atom. The molecular weight excluding hydrogens is 373 g/mol. The fourth-order valence-corrected chi connectivity index (χ4v) is 2.52. The molecule has 0 aliphatic rings. The van der Waals surface area contributed by atoms with Gasteiger partial charge in [0.05, 0.1) is 15.6 Å². The van der Waals surface area contributed by atoms with Crippen LogP contribution in [0.4, 0.5) is 14.5 Å². The molecule has 8 heteroatoms. The molecule has 0 aliphatic carbocycles. The monoisotopic (exact) mass is 386 g/mol. The predicted octanol–water partition coefficient (Wildman–Crippen LogP) is 4.37. The average Bonchev–Trinajstić information content (AvgIpc) is 2.58. The lowest BCUT2D eigenvalue weighted by Crippen LogP contribution is -2.38. The summed E-state index contributed by atoms with van der Waals surface area (Å²) in [5, 5.41) is 2.42. The molecule has 25 heavy (non-hydrogen) atoms. The summed E-state index contributed by atoms with van der Waals surface area (Å²) in [6, 6.07) is 7.80. The third-order valence-corrected chi connectivity index (χ3v) is 4.23. The maximum absolute atomic E-state index is 13.6. The summed E-state index contributed by atoms with van der Waals surface area (Å²) in [6.07, 6.45) is 0. The Bertz CT molecular complexity index is 795. The minimum Gasteiger partial charge on any atom is -0.330 e. The molecular formula is C17H14Cl2F2N2O2. The first-order valence-corrected chi connectivity index (χ1v) is 8.07. The number of nitrogens with one attached hydrogen (secondary N) is 1. The highest BCUT2D eigenvalue weighted by Gasteiger charge is 2.21. The summed E-state index contributed by atoms with van der Waals surface area (Å²) < 4.78 is 27.2. The Balaban J connectivity index is 2.15. The summed E-state index contributed by atoms with van der Waals surface area (Å²) in [5.74, 6) is -3.06. The molecule has 0 saturated carbocycles. The molecule has 0 aliphatic heterocycles. The van der Waals surface area contributed by atoms with Crippen LogP contribution in [0.3, 0.4) is 0 Å². The van der Waals surface area contributed by atoms with E-state index in [2.05, 4.69) is 5.32 Å². The molecule has 0 atom stereocenters. The van der Waals surface area contributed by atoms with E-state index in [0.29, 0.717) is 0 Å². The lowest BCUT2D eigenvalue weighted by Gasteiger charge is -2.21. The molecule has 2 aromatic carbocycles. The zero-order valence-corrected chi connectivity index (χ0v) is 14.7. The molecule has 2 rings (SSSR count). The second kappa shape index (κ2) is 8.27. The van der Waals surface area contributed by atoms with Crippen LogP contribution in [0.1, 0.15) is 17.3 Å². The number of likely N-dealkylation sites (N-methyl/N-ethyl adjacent to an activating group) is 1. The van der Waals surface area contributed by atoms with Gasteiger partial charge in [-0.15, -0.1) is 0 Å². The topological polar surface area (TPSA) is 49.4 Å². The molecule has 0 aromatic heterocycles. The molecule has 132 valence electrons. The first-order valence-electron chi connectivity index (χ1n) is 7.32. The van der Waals surface area contributed by atoms with Crippen LogP contribution in [0.25, 0.3) is 0 Å². The van der Waals surface area contributed by atoms with Gasteiger partial charge in [0.2, 0.25) is 5.91 Å². The van der Waals surface area contributed by atoms with Crippen LogP contribution in [0.5, 0.6) is 0 Å². The van der Waals surface area contributed by atoms with Gasteiger partial charge in [0.25, 0.3) is 5.91 Å². The van der Waals surface area contributed by atoms with Gasteiger partial charge in [0.1, 0.15) is 23.9 Å². The van der Waals surface area contributed by atoms with Crippen molar-refractivity contribution in [3.05, 3.63) is 63.6 Å². The summed E-state index contributed by atoms with van der Waals surface area (Å²) >= 11 is 11.9. The second-order valence-electron chi connectivity index (χ2n) is 5.07. The SMILES string of the molecule is CCN(CC(=O)Nc1c(F)cccc1F)C(=O)c1cccc(Cl)c1Cl. The van der Waals surface area contributed by atoms with E-state index in [4.69, 9.17) is 23.2 Å². The van der Waals surface area contributed by atoms with Crippen molar-refractivity contribution in [2.45, 2.75) is 6.92 Å². The average molecular weight is 387 g/mol. The lowest BCUT2D eigenvalue weighted by atomic mass is 10.2. The number of hydrogen-bond acceptors (Lipinski definition) is 2. The van der Waals surface area contributed by atoms with Crippen LogP contribution in [0, 0.1) is 11.6 Å². The molecule has 0 spiro atoms. The number of anilines is 1. The maximum Gasteiger partial charge on any atom is 0.255 e. The molecule has 0 radical (unpaired) electrons. The Hall–Kier alpha value is -2.18. The van der Waals surface area contributed by atoms with Crippen LogP contribution in [0.15, 0.2) is 36.4 Å². The number of carbonyl (C=O) groups excluding carboxylic acids is 2. The van der Waals surface area contributed by atoms with Crippen LogP contribution in [-0.4, -0.2) is 29.8 Å². The van der Waals surface area contributed by atoms with Crippen molar-refractivity contribution < 1.29 is 18.4 Å². The van der Waals surface area contributed by atoms with Gasteiger partial charge in [-0.2, -0.15) is 0 Å². The maximum atomic E-state index is 13.6. The molecule has 0 bridgehead atoms. The number of para-hydroxylation sites is 1. The number of nitrogens with zero attached hydrogens (tertiary/aromatic N) is 1. The largest absolute Gasteiger partial charge is 0.330 e. The van der Waals surface area contributed by atoms with Crippen LogP contribution < -0.4 is 5.32 Å². The molecule has 4 nitrogen and oxygen atoms in total. The number of carbonyl (C=O) groups is 2. The van der Waals surface area contributed by atoms with E-state index in [0.717, 1.165) is 12.1 Å². The minimum absolute atomic E-state index is 0.0770. The number of amides is 2. The standard InChI is InChI=1S/C17H14Cl2F2N2O2/c1-2-23(17(25)10-5-3-6-11(18)15(10)19)9-14(24)22-16-12(20)7-4-8-13(16)21/h3-8H,2,9H2,1H3,(H,22,24). The van der Waals surface area contributed by atoms with Crippen molar-refractivity contribution in [3.8, 4) is 0 Å². The van der Waals surface area contributed by atoms with Crippen molar-refractivity contribution in [2.24, 2.45) is 0 Å². The van der Waals surface area contributed by atoms with E-state index in [1.165, 1.54) is 23.1 Å². The quantitative estimate of drug-likeness (QED) is 0.828. The lowest BCUT2D eigenvalue weighted by molar-refractivity contribution is -0.116. The number of halogens is 4. The van der Waals surface area contributed by atoms with Crippen LogP contribution >= 0.6 is 23.2 Å². The Morgan fingerprint density at radius 2 is 1.68 bits per heavy atom. The van der Waals surface area contributed by atoms with Crippen LogP contribution in [-0.2, 0) is 4.79 Å². The molecule has 0 saturated heterocycles. The number of rotatable bonds is 5. The van der Waals surface area contributed by atoms with Gasteiger partial charge in [-0.1, -0.05) is 35.3 Å². The number of hydrogen-bond donors (Lipinski definition) is 1. The van der Waals surface area contributed by atoms with E-state index < -0.39 is 35.7 Å². The zero-order chi connectivity index (χ0) is 18.6. The molecule has 2 aromatic rings. The van der Waals surface area contributed by atoms with Gasteiger partial charge in [0.15, 0.2) is 0 Å². The van der Waals surface area contributed by atoms with E-state index in [-0.39, 0.29) is 22.2 Å². The fraction of sp³-hybridized carbons (Fsp3) is 0.176. The van der Waals surface area contributed by atoms with Crippen molar-refractivity contribution >= 4 is 40.7 Å². The van der Waals surface area contributed by atoms with Gasteiger partial charge in [0, 0.05) is 6.54 Å². The smallest absolute Gasteiger partial charge is 0.255 e. The molecule has 0 heterocycles. The van der Waals surface area contributed by atoms with Crippen LogP contribution in [0.2, 0.25) is 10.0 Å². The summed E-state index contributed by atoms with van der Waals surface area (Å²) in [6.45, 7) is 1.45. The van der Waals surface area contributed by atoms with E-state index in [1.807, 2.05) is 0 Å². The van der Waals surface area contributed by atoms with Gasteiger partial charge >= 0.3 is 0 Å². The first kappa shape index (κ1) is 19.1. The normalized spacial score (nSPS) is 10.4. The van der Waals surface area contributed by atoms with Gasteiger partial charge in [-0.25, -0.2) is 8.78 Å². The summed E-state index contributed by atoms with van der Waals surface area (Å²) in [4.78, 5) is 25.8. The predicted molar refractivity (Wildman–Crippen MR) is 93.0 cm³/mol. The Kier molecular flexibility index (Phi) is 6.33. The molecule has 0 unspecified atom stereocenters. The van der Waals surface area contributed by atoms with Gasteiger partial charge in [-0.05, 0) is 31.2 Å². The zero-order valence-electron chi connectivity index (χ0n) is 13.2. The molecule has 2 amide bonds. The second-order valence-corrected chi connectivity index (χ2v) is 5.85. The van der Waals surface area contributed by atoms with E-state index >= 15 is 0 Å².